The van der Waals surface area contributed by atoms with Crippen LogP contribution >= 0.6 is 0 Å². The summed E-state index contributed by atoms with van der Waals surface area (Å²) in [6.45, 7) is 7.35. The first-order chi connectivity index (χ1) is 17.8. The second-order valence-electron chi connectivity index (χ2n) is 8.47. The molecule has 0 bridgehead atoms. The second kappa shape index (κ2) is 11.2. The summed E-state index contributed by atoms with van der Waals surface area (Å²) < 4.78 is 52.6. The van der Waals surface area contributed by atoms with Gasteiger partial charge >= 0.3 is 6.18 Å². The Kier molecular flexibility index (Phi) is 8.06. The predicted octanol–water partition coefficient (Wildman–Crippen LogP) is 4.19. The van der Waals surface area contributed by atoms with Crippen molar-refractivity contribution in [1.29, 1.82) is 0 Å². The van der Waals surface area contributed by atoms with Crippen molar-refractivity contribution < 1.29 is 22.6 Å². The van der Waals surface area contributed by atoms with Crippen LogP contribution in [0.1, 0.15) is 37.9 Å². The van der Waals surface area contributed by atoms with Gasteiger partial charge in [0.2, 0.25) is 11.8 Å². The molecule has 3 aromatic heterocycles. The van der Waals surface area contributed by atoms with Crippen LogP contribution < -0.4 is 15.0 Å². The van der Waals surface area contributed by atoms with E-state index in [4.69, 9.17) is 14.5 Å². The van der Waals surface area contributed by atoms with Crippen molar-refractivity contribution in [2.75, 3.05) is 37.0 Å². The summed E-state index contributed by atoms with van der Waals surface area (Å²) in [5.41, 5.74) is -0.0182. The van der Waals surface area contributed by atoms with Crippen LogP contribution in [0, 0.1) is 0 Å². The highest BCUT2D eigenvalue weighted by atomic mass is 19.4. The molecule has 0 aromatic carbocycles. The molecule has 0 spiro atoms. The number of hydrogen-bond donors (Lipinski definition) is 1. The molecule has 198 valence electrons. The summed E-state index contributed by atoms with van der Waals surface area (Å²) in [6, 6.07) is 4.35. The van der Waals surface area contributed by atoms with Crippen molar-refractivity contribution in [3.05, 3.63) is 47.7 Å². The second-order valence-corrected chi connectivity index (χ2v) is 8.47. The smallest absolute Gasteiger partial charge is 0.434 e. The van der Waals surface area contributed by atoms with E-state index in [2.05, 4.69) is 25.3 Å². The number of nitrogens with zero attached hydrogens (tertiary/aromatic N) is 6. The van der Waals surface area contributed by atoms with E-state index in [1.165, 1.54) is 19.2 Å². The molecule has 0 saturated carbocycles. The number of methoxy groups -OCH3 is 1. The van der Waals surface area contributed by atoms with Crippen LogP contribution in [0.3, 0.4) is 0 Å². The van der Waals surface area contributed by atoms with Gasteiger partial charge in [0, 0.05) is 43.7 Å². The average Bonchev–Trinajstić information content (AvgIpc) is 3.30. The number of hydrogen-bond acceptors (Lipinski definition) is 9. The zero-order valence-electron chi connectivity index (χ0n) is 21.2. The monoisotopic (exact) mass is 517 g/mol. The standard InChI is InChI=1S/C25H30F3N7O2/c1-5-16-21(15-9-10-20(36-4)34-22(15)25(26,27)28)31-17(6-2)23(32-16)33-18-13-35(14-19(18)37-7-3)24-29-11-8-12-30-24/h8-12,18-19H,5-7,13-14H2,1-4H3,(H,32,33). The van der Waals surface area contributed by atoms with E-state index in [1.54, 1.807) is 18.5 Å². The molecule has 9 nitrogen and oxygen atoms in total. The van der Waals surface area contributed by atoms with Gasteiger partial charge in [-0.3, -0.25) is 0 Å². The summed E-state index contributed by atoms with van der Waals surface area (Å²) in [5.74, 6) is 1.02. The van der Waals surface area contributed by atoms with Crippen LogP contribution in [0.5, 0.6) is 5.88 Å². The number of alkyl halides is 3. The third-order valence-corrected chi connectivity index (χ3v) is 6.12. The number of anilines is 2. The van der Waals surface area contributed by atoms with Crippen molar-refractivity contribution in [2.24, 2.45) is 0 Å². The average molecular weight is 518 g/mol. The molecular weight excluding hydrogens is 487 g/mol. The van der Waals surface area contributed by atoms with Gasteiger partial charge in [0.1, 0.15) is 5.82 Å². The number of rotatable bonds is 9. The van der Waals surface area contributed by atoms with Gasteiger partial charge in [-0.2, -0.15) is 13.2 Å². The molecule has 1 fully saturated rings. The largest absolute Gasteiger partial charge is 0.481 e. The van der Waals surface area contributed by atoms with E-state index in [9.17, 15) is 13.2 Å². The third kappa shape index (κ3) is 5.74. The molecule has 1 aliphatic rings. The van der Waals surface area contributed by atoms with Crippen LogP contribution in [0.2, 0.25) is 0 Å². The molecule has 37 heavy (non-hydrogen) atoms. The first kappa shape index (κ1) is 26.5. The Balaban J connectivity index is 1.70. The van der Waals surface area contributed by atoms with Crippen molar-refractivity contribution in [2.45, 2.75) is 51.9 Å². The fraction of sp³-hybridized carbons (Fsp3) is 0.480. The van der Waals surface area contributed by atoms with Gasteiger partial charge in [-0.15, -0.1) is 0 Å². The lowest BCUT2D eigenvalue weighted by atomic mass is 10.0. The summed E-state index contributed by atoms with van der Waals surface area (Å²) in [4.78, 5) is 23.8. The predicted molar refractivity (Wildman–Crippen MR) is 133 cm³/mol. The maximum absolute atomic E-state index is 13.9. The summed E-state index contributed by atoms with van der Waals surface area (Å²) in [6.07, 6.45) is -0.614. The molecule has 1 N–H and O–H groups in total. The topological polar surface area (TPSA) is 98.2 Å². The molecule has 2 atom stereocenters. The van der Waals surface area contributed by atoms with E-state index < -0.39 is 11.9 Å². The van der Waals surface area contributed by atoms with Gasteiger partial charge in [0.05, 0.1) is 36.3 Å². The molecule has 1 aliphatic heterocycles. The fourth-order valence-corrected chi connectivity index (χ4v) is 4.38. The maximum Gasteiger partial charge on any atom is 0.434 e. The van der Waals surface area contributed by atoms with E-state index in [0.717, 1.165) is 0 Å². The number of ether oxygens (including phenoxy) is 2. The fourth-order valence-electron chi connectivity index (χ4n) is 4.38. The van der Waals surface area contributed by atoms with E-state index in [0.29, 0.717) is 55.7 Å². The minimum absolute atomic E-state index is 0.119. The number of aromatic nitrogens is 5. The van der Waals surface area contributed by atoms with Gasteiger partial charge in [-0.25, -0.2) is 24.9 Å². The number of nitrogens with one attached hydrogen (secondary N) is 1. The zero-order valence-corrected chi connectivity index (χ0v) is 21.2. The number of pyridine rings is 1. The van der Waals surface area contributed by atoms with Crippen LogP contribution in [-0.2, 0) is 23.8 Å². The highest BCUT2D eigenvalue weighted by Crippen LogP contribution is 2.38. The van der Waals surface area contributed by atoms with Gasteiger partial charge in [0.15, 0.2) is 5.69 Å². The van der Waals surface area contributed by atoms with Crippen molar-refractivity contribution in [1.82, 2.24) is 24.9 Å². The molecule has 0 amide bonds. The first-order valence-electron chi connectivity index (χ1n) is 12.2. The molecule has 1 saturated heterocycles. The number of aryl methyl sites for hydroxylation is 2. The number of halogens is 3. The Hall–Kier alpha value is -3.54. The quantitative estimate of drug-likeness (QED) is 0.448. The molecule has 3 aromatic rings. The van der Waals surface area contributed by atoms with Crippen molar-refractivity contribution in [3.63, 3.8) is 0 Å². The first-order valence-corrected chi connectivity index (χ1v) is 12.2. The Morgan fingerprint density at radius 1 is 1.00 bits per heavy atom. The molecule has 2 unspecified atom stereocenters. The van der Waals surface area contributed by atoms with Crippen molar-refractivity contribution >= 4 is 11.8 Å². The molecule has 12 heteroatoms. The minimum Gasteiger partial charge on any atom is -0.481 e. The molecular formula is C25H30F3N7O2. The zero-order chi connectivity index (χ0) is 26.6. The van der Waals surface area contributed by atoms with Crippen LogP contribution in [0.15, 0.2) is 30.6 Å². The summed E-state index contributed by atoms with van der Waals surface area (Å²) in [7, 11) is 1.28. The summed E-state index contributed by atoms with van der Waals surface area (Å²) in [5, 5.41) is 3.46. The van der Waals surface area contributed by atoms with Crippen LogP contribution in [0.25, 0.3) is 11.3 Å². The highest BCUT2D eigenvalue weighted by Gasteiger charge is 2.38. The van der Waals surface area contributed by atoms with E-state index in [-0.39, 0.29) is 29.3 Å². The molecule has 0 radical (unpaired) electrons. The van der Waals surface area contributed by atoms with Crippen LogP contribution in [0.4, 0.5) is 24.9 Å². The molecule has 4 heterocycles. The lowest BCUT2D eigenvalue weighted by Crippen LogP contribution is -2.35. The SMILES string of the molecule is CCOC1CN(c2ncccn2)CC1Nc1nc(CC)c(-c2ccc(OC)nc2C(F)(F)F)nc1CC. The molecule has 0 aliphatic carbocycles. The lowest BCUT2D eigenvalue weighted by molar-refractivity contribution is -0.140. The summed E-state index contributed by atoms with van der Waals surface area (Å²) >= 11 is 0. The highest BCUT2D eigenvalue weighted by molar-refractivity contribution is 5.67. The Morgan fingerprint density at radius 2 is 1.73 bits per heavy atom. The van der Waals surface area contributed by atoms with E-state index in [1.807, 2.05) is 25.7 Å². The lowest BCUT2D eigenvalue weighted by Gasteiger charge is -2.22. The van der Waals surface area contributed by atoms with Gasteiger partial charge in [0.25, 0.3) is 0 Å². The normalized spacial score (nSPS) is 17.8. The van der Waals surface area contributed by atoms with Crippen molar-refractivity contribution in [3.8, 4) is 17.1 Å². The Bertz CT molecular complexity index is 1210. The maximum atomic E-state index is 13.9. The van der Waals surface area contributed by atoms with Gasteiger partial charge in [-0.05, 0) is 31.9 Å². The third-order valence-electron chi connectivity index (χ3n) is 6.12. The minimum atomic E-state index is -4.68. The molecule has 4 rings (SSSR count). The Labute approximate surface area is 213 Å². The van der Waals surface area contributed by atoms with Gasteiger partial charge in [-0.1, -0.05) is 13.8 Å². The Morgan fingerprint density at radius 3 is 2.35 bits per heavy atom. The van der Waals surface area contributed by atoms with E-state index >= 15 is 0 Å². The van der Waals surface area contributed by atoms with Gasteiger partial charge < -0.3 is 19.7 Å². The van der Waals surface area contributed by atoms with Crippen LogP contribution in [-0.4, -0.2) is 63.9 Å².